The molecule has 0 saturated carbocycles. The molecule has 3 nitrogen and oxygen atoms in total. The lowest BCUT2D eigenvalue weighted by Crippen LogP contribution is -2.59. The maximum absolute atomic E-state index is 6.32. The van der Waals surface area contributed by atoms with Crippen LogP contribution in [0.2, 0.25) is 0 Å². The maximum atomic E-state index is 6.32. The number of piperazine rings is 1. The van der Waals surface area contributed by atoms with Crippen molar-refractivity contribution in [2.75, 3.05) is 33.2 Å². The Labute approximate surface area is 123 Å². The maximum Gasteiger partial charge on any atom is 0.0277 e. The number of benzene rings is 1. The van der Waals surface area contributed by atoms with Crippen molar-refractivity contribution in [1.29, 1.82) is 0 Å². The van der Waals surface area contributed by atoms with E-state index in [9.17, 15) is 0 Å². The summed E-state index contributed by atoms with van der Waals surface area (Å²) < 4.78 is 0. The first kappa shape index (κ1) is 15.5. The first-order valence-electron chi connectivity index (χ1n) is 7.70. The van der Waals surface area contributed by atoms with Gasteiger partial charge in [-0.3, -0.25) is 9.80 Å². The van der Waals surface area contributed by atoms with E-state index in [1.165, 1.54) is 5.56 Å². The van der Waals surface area contributed by atoms with Gasteiger partial charge in [0.2, 0.25) is 0 Å². The Morgan fingerprint density at radius 2 is 1.90 bits per heavy atom. The van der Waals surface area contributed by atoms with E-state index in [4.69, 9.17) is 5.73 Å². The summed E-state index contributed by atoms with van der Waals surface area (Å²) in [5.41, 5.74) is 7.97. The minimum atomic E-state index is 0.261. The van der Waals surface area contributed by atoms with Crippen LogP contribution in [0.3, 0.4) is 0 Å². The quantitative estimate of drug-likeness (QED) is 0.892. The fraction of sp³-hybridized carbons (Fsp3) is 0.647. The van der Waals surface area contributed by atoms with Crippen molar-refractivity contribution in [3.63, 3.8) is 0 Å². The molecule has 1 atom stereocenters. The highest BCUT2D eigenvalue weighted by Crippen LogP contribution is 2.19. The lowest BCUT2D eigenvalue weighted by atomic mass is 9.98. The molecule has 1 aromatic rings. The van der Waals surface area contributed by atoms with Crippen molar-refractivity contribution < 1.29 is 0 Å². The van der Waals surface area contributed by atoms with Gasteiger partial charge < -0.3 is 5.73 Å². The largest absolute Gasteiger partial charge is 0.327 e. The van der Waals surface area contributed by atoms with Crippen molar-refractivity contribution in [3.8, 4) is 0 Å². The Morgan fingerprint density at radius 3 is 2.55 bits per heavy atom. The number of likely N-dealkylation sites (N-methyl/N-ethyl adjacent to an activating group) is 1. The smallest absolute Gasteiger partial charge is 0.0277 e. The normalized spacial score (nSPS) is 21.8. The average Bonchev–Trinajstić information content (AvgIpc) is 2.41. The molecule has 1 fully saturated rings. The van der Waals surface area contributed by atoms with Gasteiger partial charge in [0.25, 0.3) is 0 Å². The van der Waals surface area contributed by atoms with E-state index < -0.39 is 0 Å². The van der Waals surface area contributed by atoms with Crippen LogP contribution in [-0.2, 0) is 6.42 Å². The second-order valence-electron chi connectivity index (χ2n) is 6.75. The molecule has 0 spiro atoms. The molecule has 112 valence electrons. The van der Waals surface area contributed by atoms with E-state index >= 15 is 0 Å². The highest BCUT2D eigenvalue weighted by Gasteiger charge is 2.31. The first-order valence-corrected chi connectivity index (χ1v) is 7.70. The number of rotatable bonds is 5. The summed E-state index contributed by atoms with van der Waals surface area (Å²) in [5, 5.41) is 0. The summed E-state index contributed by atoms with van der Waals surface area (Å²) in [6, 6.07) is 10.9. The van der Waals surface area contributed by atoms with E-state index in [0.717, 1.165) is 39.0 Å². The number of hydrogen-bond acceptors (Lipinski definition) is 3. The van der Waals surface area contributed by atoms with Crippen LogP contribution in [-0.4, -0.2) is 54.6 Å². The van der Waals surface area contributed by atoms with Gasteiger partial charge in [-0.1, -0.05) is 30.3 Å². The fourth-order valence-electron chi connectivity index (χ4n) is 2.92. The molecule has 2 N–H and O–H groups in total. The summed E-state index contributed by atoms with van der Waals surface area (Å²) >= 11 is 0. The predicted octanol–water partition coefficient (Wildman–Crippen LogP) is 1.97. The summed E-state index contributed by atoms with van der Waals surface area (Å²) in [5.74, 6) is 0. The summed E-state index contributed by atoms with van der Waals surface area (Å²) in [4.78, 5) is 4.97. The standard InChI is InChI=1S/C17H29N3/c1-17(2)14-20(12-11-19(17)3)13-16(18)10-9-15-7-5-4-6-8-15/h4-8,16H,9-14,18H2,1-3H3. The van der Waals surface area contributed by atoms with Crippen molar-refractivity contribution >= 4 is 0 Å². The van der Waals surface area contributed by atoms with Gasteiger partial charge in [-0.15, -0.1) is 0 Å². The number of aryl methyl sites for hydroxylation is 1. The van der Waals surface area contributed by atoms with Gasteiger partial charge in [0.05, 0.1) is 0 Å². The fourth-order valence-corrected chi connectivity index (χ4v) is 2.92. The molecule has 0 aromatic heterocycles. The zero-order chi connectivity index (χ0) is 14.6. The van der Waals surface area contributed by atoms with Crippen molar-refractivity contribution in [2.45, 2.75) is 38.3 Å². The van der Waals surface area contributed by atoms with Crippen LogP contribution >= 0.6 is 0 Å². The van der Waals surface area contributed by atoms with Crippen LogP contribution in [0.4, 0.5) is 0 Å². The van der Waals surface area contributed by atoms with Gasteiger partial charge in [0, 0.05) is 37.8 Å². The molecule has 0 amide bonds. The minimum Gasteiger partial charge on any atom is -0.327 e. The Hall–Kier alpha value is -0.900. The Kier molecular flexibility index (Phi) is 5.19. The molecule has 1 aliphatic heterocycles. The van der Waals surface area contributed by atoms with Crippen molar-refractivity contribution in [3.05, 3.63) is 35.9 Å². The number of nitrogens with zero attached hydrogens (tertiary/aromatic N) is 2. The highest BCUT2D eigenvalue weighted by atomic mass is 15.3. The first-order chi connectivity index (χ1) is 9.47. The SMILES string of the molecule is CN1CCN(CC(N)CCc2ccccc2)CC1(C)C. The van der Waals surface area contributed by atoms with E-state index in [2.05, 4.69) is 61.0 Å². The van der Waals surface area contributed by atoms with Crippen molar-refractivity contribution in [1.82, 2.24) is 9.80 Å². The lowest BCUT2D eigenvalue weighted by molar-refractivity contribution is 0.0369. The zero-order valence-corrected chi connectivity index (χ0v) is 13.2. The molecule has 0 bridgehead atoms. The van der Waals surface area contributed by atoms with Gasteiger partial charge in [0.15, 0.2) is 0 Å². The molecule has 2 rings (SSSR count). The lowest BCUT2D eigenvalue weighted by Gasteiger charge is -2.46. The van der Waals surface area contributed by atoms with Gasteiger partial charge in [-0.25, -0.2) is 0 Å². The molecule has 1 aromatic carbocycles. The average molecular weight is 275 g/mol. The van der Waals surface area contributed by atoms with Crippen LogP contribution < -0.4 is 5.73 Å². The van der Waals surface area contributed by atoms with E-state index in [1.807, 2.05) is 0 Å². The molecule has 3 heteroatoms. The predicted molar refractivity (Wildman–Crippen MR) is 85.9 cm³/mol. The monoisotopic (exact) mass is 275 g/mol. The summed E-state index contributed by atoms with van der Waals surface area (Å²) in [6.07, 6.45) is 2.15. The molecule has 1 heterocycles. The minimum absolute atomic E-state index is 0.261. The van der Waals surface area contributed by atoms with Crippen LogP contribution in [0.25, 0.3) is 0 Å². The molecule has 0 radical (unpaired) electrons. The Bertz CT molecular complexity index is 402. The molecule has 1 saturated heterocycles. The topological polar surface area (TPSA) is 32.5 Å². The number of hydrogen-bond donors (Lipinski definition) is 1. The van der Waals surface area contributed by atoms with E-state index in [-0.39, 0.29) is 11.6 Å². The Balaban J connectivity index is 1.76. The molecule has 1 aliphatic rings. The molecular weight excluding hydrogens is 246 g/mol. The van der Waals surface area contributed by atoms with Gasteiger partial charge in [0.1, 0.15) is 0 Å². The van der Waals surface area contributed by atoms with Crippen LogP contribution in [0.5, 0.6) is 0 Å². The van der Waals surface area contributed by atoms with Gasteiger partial charge >= 0.3 is 0 Å². The van der Waals surface area contributed by atoms with Crippen LogP contribution in [0, 0.1) is 0 Å². The second kappa shape index (κ2) is 6.70. The third-order valence-corrected chi connectivity index (χ3v) is 4.53. The Morgan fingerprint density at radius 1 is 1.20 bits per heavy atom. The molecule has 0 aliphatic carbocycles. The van der Waals surface area contributed by atoms with Gasteiger partial charge in [-0.05, 0) is 39.3 Å². The van der Waals surface area contributed by atoms with Crippen molar-refractivity contribution in [2.24, 2.45) is 5.73 Å². The summed E-state index contributed by atoms with van der Waals surface area (Å²) in [6.45, 7) is 9.04. The van der Waals surface area contributed by atoms with E-state index in [0.29, 0.717) is 0 Å². The number of nitrogens with two attached hydrogens (primary N) is 1. The second-order valence-corrected chi connectivity index (χ2v) is 6.75. The third kappa shape index (κ3) is 4.30. The summed E-state index contributed by atoms with van der Waals surface area (Å²) in [7, 11) is 2.21. The van der Waals surface area contributed by atoms with Crippen LogP contribution in [0.1, 0.15) is 25.8 Å². The molecule has 20 heavy (non-hydrogen) atoms. The van der Waals surface area contributed by atoms with E-state index in [1.54, 1.807) is 0 Å². The molecular formula is C17H29N3. The zero-order valence-electron chi connectivity index (χ0n) is 13.2. The van der Waals surface area contributed by atoms with Gasteiger partial charge in [-0.2, -0.15) is 0 Å². The highest BCUT2D eigenvalue weighted by molar-refractivity contribution is 5.14. The third-order valence-electron chi connectivity index (χ3n) is 4.53. The van der Waals surface area contributed by atoms with Crippen LogP contribution in [0.15, 0.2) is 30.3 Å². The molecule has 1 unspecified atom stereocenters.